The van der Waals surface area contributed by atoms with Crippen molar-refractivity contribution in [3.05, 3.63) is 35.4 Å². The van der Waals surface area contributed by atoms with Crippen LogP contribution in [0.4, 0.5) is 0 Å². The molecule has 19 heavy (non-hydrogen) atoms. The van der Waals surface area contributed by atoms with Crippen molar-refractivity contribution >= 4 is 23.1 Å². The highest BCUT2D eigenvalue weighted by atomic mass is 32.1. The van der Waals surface area contributed by atoms with Crippen LogP contribution in [0, 0.1) is 5.92 Å². The van der Waals surface area contributed by atoms with Gasteiger partial charge in [0.15, 0.2) is 0 Å². The van der Waals surface area contributed by atoms with Crippen LogP contribution >= 0.6 is 12.2 Å². The van der Waals surface area contributed by atoms with Crippen molar-refractivity contribution in [1.82, 2.24) is 4.90 Å². The van der Waals surface area contributed by atoms with Gasteiger partial charge in [-0.1, -0.05) is 38.2 Å². The highest BCUT2D eigenvalue weighted by Crippen LogP contribution is 2.25. The fourth-order valence-corrected chi connectivity index (χ4v) is 2.84. The lowest BCUT2D eigenvalue weighted by atomic mass is 10.0. The minimum Gasteiger partial charge on any atom is -0.389 e. The molecule has 0 bridgehead atoms. The summed E-state index contributed by atoms with van der Waals surface area (Å²) in [6, 6.07) is 7.65. The van der Waals surface area contributed by atoms with Crippen LogP contribution in [0.1, 0.15) is 42.6 Å². The van der Waals surface area contributed by atoms with Gasteiger partial charge in [0.1, 0.15) is 4.99 Å². The van der Waals surface area contributed by atoms with Crippen LogP contribution < -0.4 is 5.73 Å². The van der Waals surface area contributed by atoms with E-state index < -0.39 is 0 Å². The first kappa shape index (κ1) is 14.0. The second kappa shape index (κ2) is 5.70. The molecule has 1 saturated heterocycles. The van der Waals surface area contributed by atoms with Gasteiger partial charge in [-0.15, -0.1) is 0 Å². The lowest BCUT2D eigenvalue weighted by molar-refractivity contribution is 0.0701. The average molecular weight is 276 g/mol. The van der Waals surface area contributed by atoms with E-state index >= 15 is 0 Å². The van der Waals surface area contributed by atoms with Crippen molar-refractivity contribution in [3.8, 4) is 0 Å². The lowest BCUT2D eigenvalue weighted by Gasteiger charge is -2.27. The molecule has 102 valence electrons. The van der Waals surface area contributed by atoms with E-state index in [1.54, 1.807) is 6.07 Å². The van der Waals surface area contributed by atoms with Gasteiger partial charge in [0.05, 0.1) is 0 Å². The van der Waals surface area contributed by atoms with E-state index in [0.717, 1.165) is 24.9 Å². The molecule has 1 atom stereocenters. The van der Waals surface area contributed by atoms with E-state index in [1.807, 2.05) is 23.1 Å². The molecule has 1 aromatic carbocycles. The van der Waals surface area contributed by atoms with Gasteiger partial charge in [-0.05, 0) is 30.9 Å². The van der Waals surface area contributed by atoms with Gasteiger partial charge in [0.2, 0.25) is 0 Å². The molecule has 1 aromatic rings. The topological polar surface area (TPSA) is 46.3 Å². The number of benzene rings is 1. The smallest absolute Gasteiger partial charge is 0.254 e. The molecule has 1 amide bonds. The first-order valence-corrected chi connectivity index (χ1v) is 7.12. The fourth-order valence-electron chi connectivity index (χ4n) is 2.71. The number of carbonyl (C=O) groups excluding carboxylic acids is 1. The van der Waals surface area contributed by atoms with E-state index in [2.05, 4.69) is 13.8 Å². The molecule has 1 aliphatic heterocycles. The van der Waals surface area contributed by atoms with Crippen LogP contribution in [0.25, 0.3) is 0 Å². The standard InChI is InChI=1S/C15H20N2OS/c1-10(2)13-7-4-8-17(13)15(18)12-6-3-5-11(9-12)14(16)19/h3,5-6,9-10,13H,4,7-8H2,1-2H3,(H2,16,19). The average Bonchev–Trinajstić information content (AvgIpc) is 2.87. The number of nitrogens with two attached hydrogens (primary N) is 1. The zero-order chi connectivity index (χ0) is 14.0. The highest BCUT2D eigenvalue weighted by Gasteiger charge is 2.31. The normalized spacial score (nSPS) is 18.9. The largest absolute Gasteiger partial charge is 0.389 e. The summed E-state index contributed by atoms with van der Waals surface area (Å²) in [5.41, 5.74) is 7.05. The van der Waals surface area contributed by atoms with Crippen molar-refractivity contribution in [3.63, 3.8) is 0 Å². The van der Waals surface area contributed by atoms with E-state index in [4.69, 9.17) is 18.0 Å². The Balaban J connectivity index is 2.24. The lowest BCUT2D eigenvalue weighted by Crippen LogP contribution is -2.38. The molecule has 0 radical (unpaired) electrons. The van der Waals surface area contributed by atoms with Gasteiger partial charge in [0.25, 0.3) is 5.91 Å². The van der Waals surface area contributed by atoms with Crippen molar-refractivity contribution in [1.29, 1.82) is 0 Å². The molecule has 3 nitrogen and oxygen atoms in total. The maximum Gasteiger partial charge on any atom is 0.254 e. The van der Waals surface area contributed by atoms with Gasteiger partial charge in [-0.2, -0.15) is 0 Å². The maximum absolute atomic E-state index is 12.6. The first-order chi connectivity index (χ1) is 9.00. The molecule has 2 rings (SSSR count). The van der Waals surface area contributed by atoms with Crippen molar-refractivity contribution in [2.45, 2.75) is 32.7 Å². The summed E-state index contributed by atoms with van der Waals surface area (Å²) in [7, 11) is 0. The molecule has 0 aliphatic carbocycles. The maximum atomic E-state index is 12.6. The SMILES string of the molecule is CC(C)C1CCCN1C(=O)c1cccc(C(N)=S)c1. The van der Waals surface area contributed by atoms with Crippen LogP contribution in [-0.4, -0.2) is 28.4 Å². The molecular weight excluding hydrogens is 256 g/mol. The van der Waals surface area contributed by atoms with Gasteiger partial charge < -0.3 is 10.6 Å². The van der Waals surface area contributed by atoms with Crippen LogP contribution in [0.3, 0.4) is 0 Å². The third kappa shape index (κ3) is 2.95. The quantitative estimate of drug-likeness (QED) is 0.863. The summed E-state index contributed by atoms with van der Waals surface area (Å²) >= 11 is 4.96. The number of likely N-dealkylation sites (tertiary alicyclic amines) is 1. The predicted molar refractivity (Wildman–Crippen MR) is 81.2 cm³/mol. The van der Waals surface area contributed by atoms with Gasteiger partial charge in [0, 0.05) is 23.7 Å². The minimum absolute atomic E-state index is 0.0919. The molecule has 1 fully saturated rings. The van der Waals surface area contributed by atoms with Crippen LogP contribution in [0.5, 0.6) is 0 Å². The van der Waals surface area contributed by atoms with E-state index in [9.17, 15) is 4.79 Å². The Morgan fingerprint density at radius 2 is 2.11 bits per heavy atom. The minimum atomic E-state index is 0.0919. The molecule has 0 spiro atoms. The number of nitrogens with zero attached hydrogens (tertiary/aromatic N) is 1. The van der Waals surface area contributed by atoms with Crippen molar-refractivity contribution in [2.24, 2.45) is 11.7 Å². The predicted octanol–water partition coefficient (Wildman–Crippen LogP) is 2.58. The molecule has 0 saturated carbocycles. The number of rotatable bonds is 3. The highest BCUT2D eigenvalue weighted by molar-refractivity contribution is 7.80. The number of hydrogen-bond acceptors (Lipinski definition) is 2. The van der Waals surface area contributed by atoms with Crippen LogP contribution in [-0.2, 0) is 0 Å². The van der Waals surface area contributed by atoms with Gasteiger partial charge >= 0.3 is 0 Å². The van der Waals surface area contributed by atoms with Crippen LogP contribution in [0.15, 0.2) is 24.3 Å². The zero-order valence-electron chi connectivity index (χ0n) is 11.4. The summed E-state index contributed by atoms with van der Waals surface area (Å²) in [6.07, 6.45) is 2.18. The first-order valence-electron chi connectivity index (χ1n) is 6.71. The fraction of sp³-hybridized carbons (Fsp3) is 0.467. The van der Waals surface area contributed by atoms with Crippen molar-refractivity contribution in [2.75, 3.05) is 6.54 Å². The molecular formula is C15H20N2OS. The van der Waals surface area contributed by atoms with Crippen molar-refractivity contribution < 1.29 is 4.79 Å². The summed E-state index contributed by atoms with van der Waals surface area (Å²) in [5.74, 6) is 0.583. The number of thiocarbonyl (C=S) groups is 1. The van der Waals surface area contributed by atoms with Gasteiger partial charge in [-0.25, -0.2) is 0 Å². The summed E-state index contributed by atoms with van der Waals surface area (Å²) in [5, 5.41) is 0. The molecule has 0 aromatic heterocycles. The number of hydrogen-bond donors (Lipinski definition) is 1. The Labute approximate surface area is 119 Å². The Morgan fingerprint density at radius 1 is 1.42 bits per heavy atom. The molecule has 1 unspecified atom stereocenters. The molecule has 1 heterocycles. The Hall–Kier alpha value is -1.42. The number of carbonyl (C=O) groups is 1. The van der Waals surface area contributed by atoms with E-state index in [-0.39, 0.29) is 5.91 Å². The second-order valence-corrected chi connectivity index (χ2v) is 5.84. The Kier molecular flexibility index (Phi) is 4.20. The summed E-state index contributed by atoms with van der Waals surface area (Å²) in [6.45, 7) is 5.18. The second-order valence-electron chi connectivity index (χ2n) is 5.40. The van der Waals surface area contributed by atoms with E-state index in [0.29, 0.717) is 22.5 Å². The number of amides is 1. The van der Waals surface area contributed by atoms with Crippen LogP contribution in [0.2, 0.25) is 0 Å². The summed E-state index contributed by atoms with van der Waals surface area (Å²) < 4.78 is 0. The third-order valence-electron chi connectivity index (χ3n) is 3.72. The third-order valence-corrected chi connectivity index (χ3v) is 3.96. The van der Waals surface area contributed by atoms with Gasteiger partial charge in [-0.3, -0.25) is 4.79 Å². The zero-order valence-corrected chi connectivity index (χ0v) is 12.2. The Morgan fingerprint density at radius 3 is 2.74 bits per heavy atom. The molecule has 2 N–H and O–H groups in total. The Bertz CT molecular complexity index is 499. The van der Waals surface area contributed by atoms with E-state index in [1.165, 1.54) is 0 Å². The molecule has 4 heteroatoms. The monoisotopic (exact) mass is 276 g/mol. The molecule has 1 aliphatic rings. The summed E-state index contributed by atoms with van der Waals surface area (Å²) in [4.78, 5) is 14.9.